The number of rotatable bonds is 4. The molecule has 0 radical (unpaired) electrons. The highest BCUT2D eigenvalue weighted by molar-refractivity contribution is 6.30. The molecule has 122 valence electrons. The Morgan fingerprint density at radius 3 is 2.92 bits per heavy atom. The smallest absolute Gasteiger partial charge is 0.137 e. The molecule has 1 aromatic carbocycles. The summed E-state index contributed by atoms with van der Waals surface area (Å²) in [5.41, 5.74) is 3.92. The monoisotopic (exact) mass is 338 g/mol. The molecule has 1 aliphatic rings. The van der Waals surface area contributed by atoms with E-state index in [1.807, 2.05) is 36.0 Å². The van der Waals surface area contributed by atoms with Crippen molar-refractivity contribution in [3.05, 3.63) is 76.5 Å². The van der Waals surface area contributed by atoms with Crippen LogP contribution in [0.3, 0.4) is 0 Å². The minimum Gasteiger partial charge on any atom is -0.306 e. The summed E-state index contributed by atoms with van der Waals surface area (Å²) in [7, 11) is 0. The Bertz CT molecular complexity index is 854. The number of nitrogens with zero attached hydrogens (tertiary/aromatic N) is 3. The van der Waals surface area contributed by atoms with E-state index in [0.29, 0.717) is 6.04 Å². The first-order chi connectivity index (χ1) is 11.7. The van der Waals surface area contributed by atoms with Crippen LogP contribution in [0.25, 0.3) is 5.82 Å². The maximum Gasteiger partial charge on any atom is 0.137 e. The highest BCUT2D eigenvalue weighted by Crippen LogP contribution is 2.33. The van der Waals surface area contributed by atoms with Gasteiger partial charge in [-0.05, 0) is 54.7 Å². The van der Waals surface area contributed by atoms with Crippen molar-refractivity contribution in [3.63, 3.8) is 0 Å². The van der Waals surface area contributed by atoms with E-state index in [1.165, 1.54) is 16.7 Å². The topological polar surface area (TPSA) is 42.7 Å². The summed E-state index contributed by atoms with van der Waals surface area (Å²) in [6.07, 6.45) is 7.85. The lowest BCUT2D eigenvalue weighted by Gasteiger charge is -2.14. The van der Waals surface area contributed by atoms with Gasteiger partial charge in [0.2, 0.25) is 0 Å². The first kappa shape index (κ1) is 15.4. The molecule has 4 rings (SSSR count). The van der Waals surface area contributed by atoms with Crippen LogP contribution in [0.1, 0.15) is 35.0 Å². The van der Waals surface area contributed by atoms with Gasteiger partial charge in [-0.15, -0.1) is 0 Å². The molecule has 24 heavy (non-hydrogen) atoms. The first-order valence-corrected chi connectivity index (χ1v) is 8.55. The fourth-order valence-electron chi connectivity index (χ4n) is 3.32. The van der Waals surface area contributed by atoms with Crippen molar-refractivity contribution in [1.29, 1.82) is 0 Å². The van der Waals surface area contributed by atoms with E-state index >= 15 is 0 Å². The number of pyridine rings is 1. The fraction of sp³-hybridized carbons (Fsp3) is 0.263. The number of halogens is 1. The molecule has 1 atom stereocenters. The van der Waals surface area contributed by atoms with E-state index in [1.54, 1.807) is 6.20 Å². The molecule has 5 heteroatoms. The first-order valence-electron chi connectivity index (χ1n) is 8.17. The molecule has 1 N–H and O–H groups in total. The van der Waals surface area contributed by atoms with Crippen LogP contribution in [0.2, 0.25) is 5.02 Å². The maximum absolute atomic E-state index is 6.08. The third-order valence-electron chi connectivity index (χ3n) is 4.62. The molecule has 4 nitrogen and oxygen atoms in total. The second-order valence-corrected chi connectivity index (χ2v) is 6.62. The lowest BCUT2D eigenvalue weighted by Crippen LogP contribution is -2.18. The quantitative estimate of drug-likeness (QED) is 0.781. The average molecular weight is 339 g/mol. The van der Waals surface area contributed by atoms with Crippen molar-refractivity contribution in [1.82, 2.24) is 19.9 Å². The van der Waals surface area contributed by atoms with Gasteiger partial charge in [0.1, 0.15) is 11.6 Å². The highest BCUT2D eigenvalue weighted by Gasteiger charge is 2.21. The van der Waals surface area contributed by atoms with Gasteiger partial charge < -0.3 is 5.32 Å². The van der Waals surface area contributed by atoms with E-state index in [-0.39, 0.29) is 0 Å². The summed E-state index contributed by atoms with van der Waals surface area (Å²) in [6, 6.07) is 10.8. The molecule has 0 aliphatic heterocycles. The van der Waals surface area contributed by atoms with Gasteiger partial charge in [0.15, 0.2) is 0 Å². The Kier molecular flexibility index (Phi) is 4.08. The summed E-state index contributed by atoms with van der Waals surface area (Å²) < 4.78 is 1.98. The van der Waals surface area contributed by atoms with Crippen molar-refractivity contribution < 1.29 is 0 Å². The third kappa shape index (κ3) is 2.95. The lowest BCUT2D eigenvalue weighted by atomic mass is 10.1. The summed E-state index contributed by atoms with van der Waals surface area (Å²) in [4.78, 5) is 8.78. The van der Waals surface area contributed by atoms with Crippen molar-refractivity contribution in [2.75, 3.05) is 0 Å². The third-order valence-corrected chi connectivity index (χ3v) is 4.85. The summed E-state index contributed by atoms with van der Waals surface area (Å²) >= 11 is 6.08. The van der Waals surface area contributed by atoms with Crippen LogP contribution in [-0.4, -0.2) is 14.5 Å². The van der Waals surface area contributed by atoms with Crippen LogP contribution < -0.4 is 5.32 Å². The van der Waals surface area contributed by atoms with Gasteiger partial charge in [0.25, 0.3) is 0 Å². The van der Waals surface area contributed by atoms with E-state index in [9.17, 15) is 0 Å². The van der Waals surface area contributed by atoms with Crippen LogP contribution >= 0.6 is 11.6 Å². The van der Waals surface area contributed by atoms with Crippen LogP contribution in [0.5, 0.6) is 0 Å². The number of fused-ring (bicyclic) bond motifs is 1. The molecule has 0 bridgehead atoms. The Morgan fingerprint density at radius 1 is 1.25 bits per heavy atom. The number of hydrogen-bond acceptors (Lipinski definition) is 3. The van der Waals surface area contributed by atoms with E-state index < -0.39 is 0 Å². The number of imidazole rings is 1. The average Bonchev–Trinajstić information content (AvgIpc) is 3.19. The van der Waals surface area contributed by atoms with Gasteiger partial charge in [0.05, 0.1) is 0 Å². The molecule has 0 saturated heterocycles. The van der Waals surface area contributed by atoms with Crippen LogP contribution in [0, 0.1) is 6.92 Å². The molecule has 0 spiro atoms. The zero-order valence-electron chi connectivity index (χ0n) is 13.5. The number of hydrogen-bond donors (Lipinski definition) is 1. The van der Waals surface area contributed by atoms with Gasteiger partial charge in [-0.1, -0.05) is 23.7 Å². The van der Waals surface area contributed by atoms with Crippen molar-refractivity contribution >= 4 is 11.6 Å². The summed E-state index contributed by atoms with van der Waals surface area (Å²) in [5, 5.41) is 4.46. The Hall–Kier alpha value is -2.17. The maximum atomic E-state index is 6.08. The van der Waals surface area contributed by atoms with E-state index in [4.69, 9.17) is 11.6 Å². The second kappa shape index (κ2) is 6.38. The number of aromatic nitrogens is 3. The molecule has 0 fully saturated rings. The van der Waals surface area contributed by atoms with Crippen molar-refractivity contribution in [3.8, 4) is 5.82 Å². The summed E-state index contributed by atoms with van der Waals surface area (Å²) in [6.45, 7) is 2.78. The van der Waals surface area contributed by atoms with Gasteiger partial charge in [-0.25, -0.2) is 9.97 Å². The van der Waals surface area contributed by atoms with E-state index in [2.05, 4.69) is 33.5 Å². The zero-order chi connectivity index (χ0) is 16.5. The molecular weight excluding hydrogens is 320 g/mol. The fourth-order valence-corrected chi connectivity index (χ4v) is 3.52. The largest absolute Gasteiger partial charge is 0.306 e. The molecule has 2 aromatic heterocycles. The predicted molar refractivity (Wildman–Crippen MR) is 95.4 cm³/mol. The van der Waals surface area contributed by atoms with Crippen LogP contribution in [0.15, 0.2) is 48.9 Å². The Morgan fingerprint density at radius 2 is 2.17 bits per heavy atom. The zero-order valence-corrected chi connectivity index (χ0v) is 14.3. The number of nitrogens with one attached hydrogen (secondary N) is 1. The number of aryl methyl sites for hydroxylation is 2. The Balaban J connectivity index is 1.43. The lowest BCUT2D eigenvalue weighted by molar-refractivity contribution is 0.529. The molecule has 0 saturated carbocycles. The van der Waals surface area contributed by atoms with Gasteiger partial charge in [0, 0.05) is 36.2 Å². The minimum atomic E-state index is 0.396. The molecular formula is C19H19ClN4. The molecule has 1 aliphatic carbocycles. The molecule has 0 amide bonds. The molecule has 3 aromatic rings. The Labute approximate surface area is 146 Å². The highest BCUT2D eigenvalue weighted by atomic mass is 35.5. The van der Waals surface area contributed by atoms with Crippen molar-refractivity contribution in [2.24, 2.45) is 0 Å². The molecule has 2 heterocycles. The van der Waals surface area contributed by atoms with Crippen molar-refractivity contribution in [2.45, 2.75) is 32.4 Å². The van der Waals surface area contributed by atoms with Crippen LogP contribution in [0.4, 0.5) is 0 Å². The van der Waals surface area contributed by atoms with Gasteiger partial charge in [-0.3, -0.25) is 4.57 Å². The number of benzene rings is 1. The molecule has 0 unspecified atom stereocenters. The SMILES string of the molecule is Cc1nccn1-c1ccc(CN[C@H]2CCc3cc(Cl)ccc32)cn1. The summed E-state index contributed by atoms with van der Waals surface area (Å²) in [5.74, 6) is 1.84. The standard InChI is InChI=1S/C19H19ClN4/c1-13-21-8-9-24(13)19-7-2-14(12-23-19)11-22-18-6-3-15-10-16(20)4-5-17(15)18/h2,4-5,7-10,12,18,22H,3,6,11H2,1H3/t18-/m0/s1. The van der Waals surface area contributed by atoms with Gasteiger partial charge in [-0.2, -0.15) is 0 Å². The van der Waals surface area contributed by atoms with Crippen LogP contribution in [-0.2, 0) is 13.0 Å². The minimum absolute atomic E-state index is 0.396. The van der Waals surface area contributed by atoms with E-state index in [0.717, 1.165) is 36.1 Å². The predicted octanol–water partition coefficient (Wildman–Crippen LogP) is 4.01. The van der Waals surface area contributed by atoms with Gasteiger partial charge >= 0.3 is 0 Å². The normalized spacial score (nSPS) is 16.3. The second-order valence-electron chi connectivity index (χ2n) is 6.18.